The van der Waals surface area contributed by atoms with Gasteiger partial charge in [-0.1, -0.05) is 11.6 Å². The van der Waals surface area contributed by atoms with Gasteiger partial charge < -0.3 is 19.9 Å². The van der Waals surface area contributed by atoms with Crippen LogP contribution in [0.5, 0.6) is 5.75 Å². The third-order valence-electron chi connectivity index (χ3n) is 3.89. The summed E-state index contributed by atoms with van der Waals surface area (Å²) in [6, 6.07) is 6.84. The lowest BCUT2D eigenvalue weighted by molar-refractivity contribution is -0.118. The molecule has 25 heavy (non-hydrogen) atoms. The second-order valence-electron chi connectivity index (χ2n) is 5.85. The topological polar surface area (TPSA) is 70.6 Å². The van der Waals surface area contributed by atoms with Crippen molar-refractivity contribution < 1.29 is 9.53 Å². The largest absolute Gasteiger partial charge is 0.484 e. The van der Waals surface area contributed by atoms with Crippen LogP contribution in [0.15, 0.2) is 36.7 Å². The predicted molar refractivity (Wildman–Crippen MR) is 97.3 cm³/mol. The zero-order chi connectivity index (χ0) is 17.6. The van der Waals surface area contributed by atoms with Crippen molar-refractivity contribution in [3.8, 4) is 5.75 Å². The minimum atomic E-state index is -0.272. The SMILES string of the molecule is CN1CCN(c2ncc(NC(=O)COc3ccc(Cl)cc3)cn2)CC1. The van der Waals surface area contributed by atoms with E-state index in [0.717, 1.165) is 26.2 Å². The van der Waals surface area contributed by atoms with Crippen LogP contribution in [0.2, 0.25) is 5.02 Å². The number of ether oxygens (including phenoxy) is 1. The Bertz CT molecular complexity index is 700. The molecule has 3 rings (SSSR count). The van der Waals surface area contributed by atoms with E-state index in [1.807, 2.05) is 0 Å². The molecule has 0 saturated carbocycles. The standard InChI is InChI=1S/C17H20ClN5O2/c1-22-6-8-23(9-7-22)17-19-10-14(11-20-17)21-16(24)12-25-15-4-2-13(18)3-5-15/h2-5,10-11H,6-9,12H2,1H3,(H,21,24). The van der Waals surface area contributed by atoms with Gasteiger partial charge in [-0.05, 0) is 31.3 Å². The molecular formula is C17H20ClN5O2. The number of likely N-dealkylation sites (N-methyl/N-ethyl adjacent to an activating group) is 1. The molecule has 0 unspecified atom stereocenters. The lowest BCUT2D eigenvalue weighted by Gasteiger charge is -2.32. The van der Waals surface area contributed by atoms with Crippen LogP contribution in [-0.2, 0) is 4.79 Å². The number of carbonyl (C=O) groups is 1. The quantitative estimate of drug-likeness (QED) is 0.877. The van der Waals surface area contributed by atoms with Crippen LogP contribution in [0.1, 0.15) is 0 Å². The molecule has 8 heteroatoms. The minimum absolute atomic E-state index is 0.0954. The molecule has 0 bridgehead atoms. The first-order valence-corrected chi connectivity index (χ1v) is 8.42. The summed E-state index contributed by atoms with van der Waals surface area (Å²) in [7, 11) is 2.10. The van der Waals surface area contributed by atoms with Crippen LogP contribution in [-0.4, -0.2) is 60.6 Å². The van der Waals surface area contributed by atoms with E-state index >= 15 is 0 Å². The molecule has 132 valence electrons. The van der Waals surface area contributed by atoms with E-state index < -0.39 is 0 Å². The van der Waals surface area contributed by atoms with Gasteiger partial charge in [-0.25, -0.2) is 9.97 Å². The van der Waals surface area contributed by atoms with Crippen LogP contribution in [0.3, 0.4) is 0 Å². The van der Waals surface area contributed by atoms with Gasteiger partial charge >= 0.3 is 0 Å². The maximum absolute atomic E-state index is 11.9. The molecule has 0 aliphatic carbocycles. The van der Waals surface area contributed by atoms with E-state index in [9.17, 15) is 4.79 Å². The van der Waals surface area contributed by atoms with Crippen molar-refractivity contribution in [2.24, 2.45) is 0 Å². The smallest absolute Gasteiger partial charge is 0.262 e. The van der Waals surface area contributed by atoms with Crippen molar-refractivity contribution >= 4 is 29.1 Å². The minimum Gasteiger partial charge on any atom is -0.484 e. The molecule has 1 fully saturated rings. The van der Waals surface area contributed by atoms with Crippen molar-refractivity contribution in [2.75, 3.05) is 50.1 Å². The number of hydrogen-bond acceptors (Lipinski definition) is 6. The van der Waals surface area contributed by atoms with Crippen molar-refractivity contribution in [1.82, 2.24) is 14.9 Å². The fraction of sp³-hybridized carbons (Fsp3) is 0.353. The summed E-state index contributed by atoms with van der Waals surface area (Å²) in [4.78, 5) is 25.0. The van der Waals surface area contributed by atoms with Crippen LogP contribution in [0, 0.1) is 0 Å². The Kier molecular flexibility index (Phi) is 5.67. The molecule has 1 saturated heterocycles. The number of aromatic nitrogens is 2. The van der Waals surface area contributed by atoms with Gasteiger partial charge in [0, 0.05) is 31.2 Å². The Morgan fingerprint density at radius 1 is 1.16 bits per heavy atom. The number of carbonyl (C=O) groups excluding carboxylic acids is 1. The number of nitrogens with one attached hydrogen (secondary N) is 1. The van der Waals surface area contributed by atoms with E-state index in [4.69, 9.17) is 16.3 Å². The van der Waals surface area contributed by atoms with Crippen molar-refractivity contribution in [3.05, 3.63) is 41.7 Å². The number of nitrogens with zero attached hydrogens (tertiary/aromatic N) is 4. The molecular weight excluding hydrogens is 342 g/mol. The van der Waals surface area contributed by atoms with Gasteiger partial charge in [0.2, 0.25) is 5.95 Å². The molecule has 2 heterocycles. The number of rotatable bonds is 5. The Morgan fingerprint density at radius 3 is 2.44 bits per heavy atom. The molecule has 7 nitrogen and oxygen atoms in total. The lowest BCUT2D eigenvalue weighted by atomic mass is 10.3. The highest BCUT2D eigenvalue weighted by molar-refractivity contribution is 6.30. The Hall–Kier alpha value is -2.38. The molecule has 2 aromatic rings. The van der Waals surface area contributed by atoms with Crippen LogP contribution >= 0.6 is 11.6 Å². The summed E-state index contributed by atoms with van der Waals surface area (Å²) in [6.07, 6.45) is 3.22. The van der Waals surface area contributed by atoms with Gasteiger partial charge in [-0.15, -0.1) is 0 Å². The first-order valence-electron chi connectivity index (χ1n) is 8.04. The summed E-state index contributed by atoms with van der Waals surface area (Å²) in [5.41, 5.74) is 0.544. The highest BCUT2D eigenvalue weighted by Gasteiger charge is 2.16. The fourth-order valence-electron chi connectivity index (χ4n) is 2.43. The van der Waals surface area contributed by atoms with Crippen molar-refractivity contribution in [3.63, 3.8) is 0 Å². The molecule has 1 amide bonds. The first-order chi connectivity index (χ1) is 12.1. The normalized spacial score (nSPS) is 15.0. The van der Waals surface area contributed by atoms with Crippen LogP contribution < -0.4 is 15.0 Å². The van der Waals surface area contributed by atoms with Crippen molar-refractivity contribution in [1.29, 1.82) is 0 Å². The summed E-state index contributed by atoms with van der Waals surface area (Å²) in [5, 5.41) is 3.34. The van der Waals surface area contributed by atoms with Gasteiger partial charge in [-0.3, -0.25) is 4.79 Å². The second kappa shape index (κ2) is 8.13. The maximum atomic E-state index is 11.9. The highest BCUT2D eigenvalue weighted by atomic mass is 35.5. The first kappa shape index (κ1) is 17.4. The molecule has 1 aliphatic heterocycles. The third kappa shape index (κ3) is 5.04. The Labute approximate surface area is 151 Å². The molecule has 0 atom stereocenters. The number of piperazine rings is 1. The summed E-state index contributed by atoms with van der Waals surface area (Å²) in [5.74, 6) is 0.996. The third-order valence-corrected chi connectivity index (χ3v) is 4.14. The molecule has 1 aromatic heterocycles. The van der Waals surface area contributed by atoms with Crippen molar-refractivity contribution in [2.45, 2.75) is 0 Å². The fourth-order valence-corrected chi connectivity index (χ4v) is 2.56. The van der Waals surface area contributed by atoms with E-state index in [-0.39, 0.29) is 12.5 Å². The summed E-state index contributed by atoms with van der Waals surface area (Å²) in [6.45, 7) is 3.68. The predicted octanol–water partition coefficient (Wildman–Crippen LogP) is 1.90. The summed E-state index contributed by atoms with van der Waals surface area (Å²) >= 11 is 5.80. The van der Waals surface area contributed by atoms with E-state index in [1.54, 1.807) is 36.7 Å². The zero-order valence-electron chi connectivity index (χ0n) is 14.0. The highest BCUT2D eigenvalue weighted by Crippen LogP contribution is 2.16. The average Bonchev–Trinajstić information content (AvgIpc) is 2.63. The molecule has 0 spiro atoms. The Morgan fingerprint density at radius 2 is 1.80 bits per heavy atom. The maximum Gasteiger partial charge on any atom is 0.262 e. The number of halogens is 1. The van der Waals surface area contributed by atoms with E-state index in [2.05, 4.69) is 32.1 Å². The second-order valence-corrected chi connectivity index (χ2v) is 6.29. The summed E-state index contributed by atoms with van der Waals surface area (Å²) < 4.78 is 5.40. The number of hydrogen-bond donors (Lipinski definition) is 1. The van der Waals surface area contributed by atoms with Crippen LogP contribution in [0.4, 0.5) is 11.6 Å². The molecule has 0 radical (unpaired) electrons. The monoisotopic (exact) mass is 361 g/mol. The zero-order valence-corrected chi connectivity index (χ0v) is 14.7. The van der Waals surface area contributed by atoms with E-state index in [1.165, 1.54) is 0 Å². The van der Waals surface area contributed by atoms with Gasteiger partial charge in [0.15, 0.2) is 6.61 Å². The van der Waals surface area contributed by atoms with Gasteiger partial charge in [0.1, 0.15) is 5.75 Å². The number of benzene rings is 1. The number of anilines is 2. The van der Waals surface area contributed by atoms with Crippen LogP contribution in [0.25, 0.3) is 0 Å². The molecule has 1 aromatic carbocycles. The van der Waals surface area contributed by atoms with E-state index in [0.29, 0.717) is 22.4 Å². The van der Waals surface area contributed by atoms with Gasteiger partial charge in [0.05, 0.1) is 18.1 Å². The Balaban J connectivity index is 1.49. The lowest BCUT2D eigenvalue weighted by Crippen LogP contribution is -2.45. The van der Waals surface area contributed by atoms with Gasteiger partial charge in [-0.2, -0.15) is 0 Å². The average molecular weight is 362 g/mol. The van der Waals surface area contributed by atoms with Gasteiger partial charge in [0.25, 0.3) is 5.91 Å². The molecule has 1 N–H and O–H groups in total. The molecule has 1 aliphatic rings. The number of amides is 1.